The van der Waals surface area contributed by atoms with Crippen LogP contribution in [0.25, 0.3) is 21.8 Å². The molecule has 3 heterocycles. The number of H-pyrrole nitrogens is 1. The molecule has 0 spiro atoms. The lowest BCUT2D eigenvalue weighted by molar-refractivity contribution is -0.339. The summed E-state index contributed by atoms with van der Waals surface area (Å²) in [5, 5.41) is 36.3. The molecule has 1 aromatic heterocycles. The van der Waals surface area contributed by atoms with Crippen molar-refractivity contribution in [3.05, 3.63) is 76.9 Å². The van der Waals surface area contributed by atoms with E-state index in [1.807, 2.05) is 19.1 Å². The van der Waals surface area contributed by atoms with Crippen molar-refractivity contribution in [3.8, 4) is 29.4 Å². The van der Waals surface area contributed by atoms with Crippen LogP contribution in [0.4, 0.5) is 0 Å². The third-order valence-electron chi connectivity index (χ3n) is 12.3. The number of hydrogen-bond donors (Lipinski definition) is 4. The first-order chi connectivity index (χ1) is 27.2. The highest BCUT2D eigenvalue weighted by molar-refractivity contribution is 6.17. The van der Waals surface area contributed by atoms with Crippen LogP contribution < -0.4 is 0 Å². The number of phenolic OH excluding ortho intramolecular Hbond substituents is 1. The molecule has 4 N–H and O–H groups in total. The summed E-state index contributed by atoms with van der Waals surface area (Å²) < 4.78 is 26.5. The number of aliphatic hydroxyl groups is 2. The summed E-state index contributed by atoms with van der Waals surface area (Å²) in [6, 6.07) is 10.4. The van der Waals surface area contributed by atoms with Crippen molar-refractivity contribution in [1.29, 1.82) is 0 Å². The first-order valence-corrected chi connectivity index (χ1v) is 20.1. The topological polar surface area (TPSA) is 148 Å². The number of carbonyl (C=O) groups is 2. The molecule has 0 radical (unpaired) electrons. The number of hydrogen-bond acceptors (Lipinski definition) is 9. The van der Waals surface area contributed by atoms with Gasteiger partial charge in [0, 0.05) is 33.8 Å². The fourth-order valence-corrected chi connectivity index (χ4v) is 8.89. The lowest BCUT2D eigenvalue weighted by Crippen LogP contribution is -2.65. The van der Waals surface area contributed by atoms with Crippen LogP contribution in [0.1, 0.15) is 84.5 Å². The number of phenols is 1. The molecule has 8 unspecified atom stereocenters. The maximum Gasteiger partial charge on any atom is 0.188 e. The van der Waals surface area contributed by atoms with Crippen LogP contribution in [0.3, 0.4) is 0 Å². The average Bonchev–Trinajstić information content (AvgIpc) is 3.54. The maximum atomic E-state index is 15.0. The summed E-state index contributed by atoms with van der Waals surface area (Å²) in [6.45, 7) is 14.0. The van der Waals surface area contributed by atoms with E-state index in [4.69, 9.17) is 18.9 Å². The average molecular weight is 776 g/mol. The number of carbonyl (C=O) groups excluding carboxylic acids is 2. The molecule has 2 aromatic carbocycles. The highest BCUT2D eigenvalue weighted by Gasteiger charge is 2.58. The van der Waals surface area contributed by atoms with Gasteiger partial charge < -0.3 is 39.3 Å². The van der Waals surface area contributed by atoms with Crippen molar-refractivity contribution in [2.75, 3.05) is 6.61 Å². The van der Waals surface area contributed by atoms with Crippen molar-refractivity contribution >= 4 is 33.4 Å². The summed E-state index contributed by atoms with van der Waals surface area (Å²) in [5.74, 6) is 12.3. The minimum absolute atomic E-state index is 0.104. The highest BCUT2D eigenvalue weighted by Crippen LogP contribution is 2.46. The molecule has 2 saturated heterocycles. The number of aromatic hydroxyl groups is 1. The molecule has 2 fully saturated rings. The van der Waals surface area contributed by atoms with E-state index in [0.29, 0.717) is 59.1 Å². The van der Waals surface area contributed by atoms with Gasteiger partial charge in [0.1, 0.15) is 24.1 Å². The highest BCUT2D eigenvalue weighted by atomic mass is 16.7. The third kappa shape index (κ3) is 7.52. The van der Waals surface area contributed by atoms with Crippen LogP contribution in [-0.4, -0.2) is 81.1 Å². The lowest BCUT2D eigenvalue weighted by atomic mass is 9.69. The Kier molecular flexibility index (Phi) is 11.4. The van der Waals surface area contributed by atoms with Gasteiger partial charge in [-0.15, -0.1) is 0 Å². The second-order valence-corrected chi connectivity index (χ2v) is 16.7. The number of ketones is 2. The van der Waals surface area contributed by atoms with Gasteiger partial charge in [-0.3, -0.25) is 9.59 Å². The molecule has 2 aliphatic carbocycles. The quantitative estimate of drug-likeness (QED) is 0.132. The summed E-state index contributed by atoms with van der Waals surface area (Å²) in [7, 11) is 0. The normalized spacial score (nSPS) is 34.2. The van der Waals surface area contributed by atoms with Gasteiger partial charge in [-0.05, 0) is 98.9 Å². The van der Waals surface area contributed by atoms with E-state index in [2.05, 4.69) is 49.4 Å². The van der Waals surface area contributed by atoms with Gasteiger partial charge in [-0.2, -0.15) is 0 Å². The molecule has 7 rings (SSSR count). The van der Waals surface area contributed by atoms with E-state index in [9.17, 15) is 24.9 Å². The van der Waals surface area contributed by atoms with E-state index < -0.39 is 48.0 Å². The van der Waals surface area contributed by atoms with Gasteiger partial charge in [0.25, 0.3) is 0 Å². The third-order valence-corrected chi connectivity index (χ3v) is 12.3. The maximum absolute atomic E-state index is 15.0. The fraction of sp³-hybridized carbons (Fsp3) is 0.489. The predicted molar refractivity (Wildman–Crippen MR) is 217 cm³/mol. The second-order valence-electron chi connectivity index (χ2n) is 16.7. The lowest BCUT2D eigenvalue weighted by Gasteiger charge is -2.50. The first-order valence-electron chi connectivity index (χ1n) is 20.1. The van der Waals surface area contributed by atoms with Crippen molar-refractivity contribution in [1.82, 2.24) is 4.98 Å². The smallest absolute Gasteiger partial charge is 0.188 e. The Bertz CT molecular complexity index is 2290. The molecule has 10 heteroatoms. The number of nitrogens with one attached hydrogen (secondary N) is 1. The van der Waals surface area contributed by atoms with Gasteiger partial charge in [-0.1, -0.05) is 69.6 Å². The second kappa shape index (κ2) is 16.0. The minimum Gasteiger partial charge on any atom is -0.508 e. The Balaban J connectivity index is 1.29. The van der Waals surface area contributed by atoms with E-state index in [-0.39, 0.29) is 29.7 Å². The van der Waals surface area contributed by atoms with Crippen LogP contribution in [0.5, 0.6) is 5.75 Å². The van der Waals surface area contributed by atoms with Crippen LogP contribution in [0, 0.1) is 46.9 Å². The van der Waals surface area contributed by atoms with E-state index in [1.54, 1.807) is 57.2 Å². The van der Waals surface area contributed by atoms with Gasteiger partial charge in [0.15, 0.2) is 29.7 Å². The Morgan fingerprint density at radius 3 is 2.63 bits per heavy atom. The minimum atomic E-state index is -1.77. The summed E-state index contributed by atoms with van der Waals surface area (Å²) >= 11 is 0. The molecule has 0 saturated carbocycles. The molecule has 2 aliphatic heterocycles. The molecule has 4 aliphatic rings. The molecule has 10 atom stereocenters. The zero-order valence-corrected chi connectivity index (χ0v) is 33.7. The SMILES string of the molecule is CC/C=C1\C2=C(C)C(=O)C[C@@]1(O)C#C/C=C\C#C[C@@H]2OC1OC(C)C(C)(C(=O)c2cccc3c2[nH]c2ccc(O)cc23)C(O)C1OC1CC(C)C(CC(C)C)CO1. The monoisotopic (exact) mass is 775 g/mol. The summed E-state index contributed by atoms with van der Waals surface area (Å²) in [4.78, 5) is 31.8. The number of aromatic nitrogens is 1. The van der Waals surface area contributed by atoms with Crippen LogP contribution in [0.2, 0.25) is 0 Å². The molecular formula is C47H53NO9. The standard InChI is InChI=1S/C47H53NO9/c1-8-14-35-40-28(5)37(50)24-47(35,53)20-12-10-9-11-17-38(40)56-45-42(57-39-22-27(4)30(25-54-39)21-26(2)3)44(52)46(7,29(6)55-45)43(51)33-16-13-15-32-34-23-31(49)18-19-36(34)48-41(32)33/h9-10,13-16,18-19,23,26-27,29-30,38-39,42,44-45,48-49,52-53H,8,21-22,24-25H2,1-7H3/b10-9-,35-14+/t27?,29?,30?,38-,39?,42?,44?,45?,46?,47-/m0/s1. The molecule has 57 heavy (non-hydrogen) atoms. The number of fused-ring (bicyclic) bond motifs is 5. The molecule has 0 amide bonds. The van der Waals surface area contributed by atoms with E-state index >= 15 is 0 Å². The van der Waals surface area contributed by atoms with Gasteiger partial charge in [0.05, 0.1) is 30.1 Å². The Labute approximate surface area is 334 Å². The van der Waals surface area contributed by atoms with E-state index in [1.165, 1.54) is 6.08 Å². The number of para-hydroxylation sites is 1. The number of aliphatic hydroxyl groups excluding tert-OH is 1. The van der Waals surface area contributed by atoms with Crippen molar-refractivity contribution < 1.29 is 43.9 Å². The van der Waals surface area contributed by atoms with Gasteiger partial charge >= 0.3 is 0 Å². The fourth-order valence-electron chi connectivity index (χ4n) is 8.89. The number of Topliss-reactive ketones (excluding diaryl/α,β-unsaturated/α-hetero) is 2. The molecular weight excluding hydrogens is 723 g/mol. The number of ether oxygens (including phenoxy) is 4. The number of benzene rings is 2. The Hall–Kier alpha value is -4.52. The zero-order valence-electron chi connectivity index (χ0n) is 33.7. The van der Waals surface area contributed by atoms with Gasteiger partial charge in [0.2, 0.25) is 0 Å². The molecule has 300 valence electrons. The van der Waals surface area contributed by atoms with Crippen LogP contribution in [-0.2, 0) is 23.7 Å². The Morgan fingerprint density at radius 2 is 1.89 bits per heavy atom. The summed E-state index contributed by atoms with van der Waals surface area (Å²) in [5.41, 5.74) is -0.454. The molecule has 3 aromatic rings. The largest absolute Gasteiger partial charge is 0.508 e. The van der Waals surface area contributed by atoms with Crippen LogP contribution in [0.15, 0.2) is 71.3 Å². The molecule has 10 nitrogen and oxygen atoms in total. The van der Waals surface area contributed by atoms with Crippen LogP contribution >= 0.6 is 0 Å². The summed E-state index contributed by atoms with van der Waals surface area (Å²) in [6.07, 6.45) is 0.00773. The zero-order chi connectivity index (χ0) is 40.8. The first kappa shape index (κ1) is 40.7. The van der Waals surface area contributed by atoms with Gasteiger partial charge in [-0.25, -0.2) is 0 Å². The van der Waals surface area contributed by atoms with E-state index in [0.717, 1.165) is 22.7 Å². The molecule has 2 bridgehead atoms. The number of rotatable bonds is 9. The van der Waals surface area contributed by atoms with Crippen molar-refractivity contribution in [3.63, 3.8) is 0 Å². The predicted octanol–water partition coefficient (Wildman–Crippen LogP) is 7.07. The Morgan fingerprint density at radius 1 is 1.12 bits per heavy atom. The number of allylic oxidation sites excluding steroid dienone is 4. The number of aromatic amines is 1. The van der Waals surface area contributed by atoms with Crippen molar-refractivity contribution in [2.24, 2.45) is 23.2 Å². The van der Waals surface area contributed by atoms with Crippen molar-refractivity contribution in [2.45, 2.75) is 117 Å².